The van der Waals surface area contributed by atoms with Crippen LogP contribution in [0.5, 0.6) is 0 Å². The predicted molar refractivity (Wildman–Crippen MR) is 133 cm³/mol. The van der Waals surface area contributed by atoms with E-state index in [9.17, 15) is 9.59 Å². The second-order valence-corrected chi connectivity index (χ2v) is 9.52. The summed E-state index contributed by atoms with van der Waals surface area (Å²) in [7, 11) is 0. The highest BCUT2D eigenvalue weighted by Crippen LogP contribution is 2.33. The number of amides is 2. The number of furan rings is 1. The number of benzene rings is 2. The van der Waals surface area contributed by atoms with Gasteiger partial charge in [0.1, 0.15) is 11.5 Å². The van der Waals surface area contributed by atoms with Crippen LogP contribution in [-0.4, -0.2) is 23.3 Å². The van der Waals surface area contributed by atoms with Gasteiger partial charge in [0.15, 0.2) is 0 Å². The van der Waals surface area contributed by atoms with Crippen LogP contribution in [0.25, 0.3) is 11.3 Å². The van der Waals surface area contributed by atoms with Crippen molar-refractivity contribution in [2.24, 2.45) is 5.92 Å². The van der Waals surface area contributed by atoms with Gasteiger partial charge in [0.05, 0.1) is 0 Å². The van der Waals surface area contributed by atoms with E-state index in [1.807, 2.05) is 59.5 Å². The molecule has 0 spiro atoms. The van der Waals surface area contributed by atoms with Gasteiger partial charge < -0.3 is 14.6 Å². The van der Waals surface area contributed by atoms with E-state index >= 15 is 0 Å². The zero-order valence-corrected chi connectivity index (χ0v) is 19.6. The van der Waals surface area contributed by atoms with Crippen molar-refractivity contribution in [3.8, 4) is 11.3 Å². The molecule has 0 radical (unpaired) electrons. The van der Waals surface area contributed by atoms with Crippen LogP contribution in [0.15, 0.2) is 65.1 Å². The van der Waals surface area contributed by atoms with Crippen molar-refractivity contribution >= 4 is 17.5 Å². The van der Waals surface area contributed by atoms with Crippen LogP contribution in [-0.2, 0) is 29.0 Å². The highest BCUT2D eigenvalue weighted by atomic mass is 16.3. The number of rotatable bonds is 6. The maximum Gasteiger partial charge on any atom is 0.225 e. The number of aryl methyl sites for hydroxylation is 1. The summed E-state index contributed by atoms with van der Waals surface area (Å²) in [5.41, 5.74) is 3.95. The van der Waals surface area contributed by atoms with Crippen LogP contribution in [0.4, 0.5) is 5.69 Å². The molecule has 176 valence electrons. The lowest BCUT2D eigenvalue weighted by atomic mass is 9.88. The summed E-state index contributed by atoms with van der Waals surface area (Å²) in [4.78, 5) is 27.5. The molecule has 0 unspecified atom stereocenters. The van der Waals surface area contributed by atoms with Gasteiger partial charge in [-0.05, 0) is 43.0 Å². The molecule has 2 aromatic carbocycles. The molecule has 2 heterocycles. The van der Waals surface area contributed by atoms with E-state index in [-0.39, 0.29) is 11.8 Å². The fraction of sp³-hybridized carbons (Fsp3) is 0.379. The normalized spacial score (nSPS) is 16.2. The van der Waals surface area contributed by atoms with Crippen LogP contribution in [0.1, 0.15) is 55.4 Å². The van der Waals surface area contributed by atoms with Crippen molar-refractivity contribution in [1.82, 2.24) is 4.90 Å². The number of anilines is 1. The molecule has 5 rings (SSSR count). The molecule has 5 nitrogen and oxygen atoms in total. The van der Waals surface area contributed by atoms with Gasteiger partial charge in [0.2, 0.25) is 11.8 Å². The first kappa shape index (κ1) is 22.5. The Bertz CT molecular complexity index is 1150. The third-order valence-electron chi connectivity index (χ3n) is 7.05. The van der Waals surface area contributed by atoms with E-state index in [1.165, 1.54) is 19.3 Å². The lowest BCUT2D eigenvalue weighted by molar-refractivity contribution is -0.137. The quantitative estimate of drug-likeness (QED) is 0.496. The van der Waals surface area contributed by atoms with Gasteiger partial charge >= 0.3 is 0 Å². The van der Waals surface area contributed by atoms with E-state index in [2.05, 4.69) is 11.4 Å². The molecule has 1 aliphatic carbocycles. The summed E-state index contributed by atoms with van der Waals surface area (Å²) in [6, 6.07) is 19.9. The summed E-state index contributed by atoms with van der Waals surface area (Å²) in [6.45, 7) is 1.36. The molecule has 1 N–H and O–H groups in total. The van der Waals surface area contributed by atoms with Crippen molar-refractivity contribution in [1.29, 1.82) is 0 Å². The Morgan fingerprint density at radius 3 is 2.62 bits per heavy atom. The average Bonchev–Trinajstić information content (AvgIpc) is 3.32. The van der Waals surface area contributed by atoms with Crippen molar-refractivity contribution in [3.05, 3.63) is 77.6 Å². The first-order valence-corrected chi connectivity index (χ1v) is 12.5. The average molecular weight is 457 g/mol. The number of carbonyl (C=O) groups excluding carboxylic acids is 2. The minimum atomic E-state index is -0.00314. The SMILES string of the molecule is O=C(CCc1ccccc1)Nc1cccc(-c2cc3c(o2)CCN(C(=O)C2CCCCC2)C3)c1. The number of hydrogen-bond donors (Lipinski definition) is 1. The second-order valence-electron chi connectivity index (χ2n) is 9.52. The Morgan fingerprint density at radius 2 is 1.79 bits per heavy atom. The van der Waals surface area contributed by atoms with Gasteiger partial charge in [-0.15, -0.1) is 0 Å². The Morgan fingerprint density at radius 1 is 0.971 bits per heavy atom. The summed E-state index contributed by atoms with van der Waals surface area (Å²) < 4.78 is 6.18. The highest BCUT2D eigenvalue weighted by Gasteiger charge is 2.30. The van der Waals surface area contributed by atoms with Crippen molar-refractivity contribution in [2.75, 3.05) is 11.9 Å². The first-order valence-electron chi connectivity index (χ1n) is 12.5. The van der Waals surface area contributed by atoms with Crippen LogP contribution in [0.3, 0.4) is 0 Å². The van der Waals surface area contributed by atoms with E-state index < -0.39 is 0 Å². The van der Waals surface area contributed by atoms with E-state index in [4.69, 9.17) is 4.42 Å². The van der Waals surface area contributed by atoms with Gasteiger partial charge in [-0.2, -0.15) is 0 Å². The lowest BCUT2D eigenvalue weighted by Gasteiger charge is -2.31. The van der Waals surface area contributed by atoms with E-state index in [1.54, 1.807) is 0 Å². The minimum absolute atomic E-state index is 0.00314. The number of nitrogens with zero attached hydrogens (tertiary/aromatic N) is 1. The third-order valence-corrected chi connectivity index (χ3v) is 7.05. The molecular weight excluding hydrogens is 424 g/mol. The molecule has 2 aliphatic rings. The standard InChI is InChI=1S/C29H32N2O3/c32-28(15-14-21-8-3-1-4-9-21)30-25-13-7-12-23(18-25)27-19-24-20-31(17-16-26(24)34-27)29(33)22-10-5-2-6-11-22/h1,3-4,7-9,12-13,18-19,22H,2,5-6,10-11,14-17,20H2,(H,30,32). The van der Waals surface area contributed by atoms with Gasteiger partial charge in [0.25, 0.3) is 0 Å². The van der Waals surface area contributed by atoms with Crippen molar-refractivity contribution in [3.63, 3.8) is 0 Å². The van der Waals surface area contributed by atoms with Crippen LogP contribution in [0, 0.1) is 5.92 Å². The number of carbonyl (C=O) groups is 2. The van der Waals surface area contributed by atoms with Crippen LogP contribution >= 0.6 is 0 Å². The molecule has 1 aliphatic heterocycles. The summed E-state index contributed by atoms with van der Waals surface area (Å²) in [5.74, 6) is 2.27. The van der Waals surface area contributed by atoms with E-state index in [0.29, 0.717) is 25.3 Å². The topological polar surface area (TPSA) is 62.6 Å². The van der Waals surface area contributed by atoms with Gasteiger partial charge in [-0.3, -0.25) is 9.59 Å². The summed E-state index contributed by atoms with van der Waals surface area (Å²) >= 11 is 0. The predicted octanol–water partition coefficient (Wildman–Crippen LogP) is 5.98. The monoisotopic (exact) mass is 456 g/mol. The molecule has 0 bridgehead atoms. The Kier molecular flexibility index (Phi) is 6.79. The first-order chi connectivity index (χ1) is 16.7. The fourth-order valence-electron chi connectivity index (χ4n) is 5.15. The smallest absolute Gasteiger partial charge is 0.225 e. The van der Waals surface area contributed by atoms with Crippen molar-refractivity contribution in [2.45, 2.75) is 57.9 Å². The number of fused-ring (bicyclic) bond motifs is 1. The molecular formula is C29H32N2O3. The number of hydrogen-bond acceptors (Lipinski definition) is 3. The molecule has 0 atom stereocenters. The maximum absolute atomic E-state index is 13.0. The highest BCUT2D eigenvalue weighted by molar-refractivity contribution is 5.91. The van der Waals surface area contributed by atoms with Crippen molar-refractivity contribution < 1.29 is 14.0 Å². The lowest BCUT2D eigenvalue weighted by Crippen LogP contribution is -2.40. The molecule has 0 saturated heterocycles. The molecule has 2 amide bonds. The molecule has 34 heavy (non-hydrogen) atoms. The maximum atomic E-state index is 13.0. The second kappa shape index (κ2) is 10.3. The minimum Gasteiger partial charge on any atom is -0.461 e. The van der Waals surface area contributed by atoms with Gasteiger partial charge in [-0.1, -0.05) is 61.7 Å². The van der Waals surface area contributed by atoms with Crippen LogP contribution < -0.4 is 5.32 Å². The molecule has 3 aromatic rings. The summed E-state index contributed by atoms with van der Waals surface area (Å²) in [5, 5.41) is 3.01. The third kappa shape index (κ3) is 5.24. The molecule has 1 saturated carbocycles. The number of nitrogens with one attached hydrogen (secondary N) is 1. The van der Waals surface area contributed by atoms with Gasteiger partial charge in [-0.25, -0.2) is 0 Å². The zero-order chi connectivity index (χ0) is 23.3. The Hall–Kier alpha value is -3.34. The Labute approximate surface area is 201 Å². The molecule has 5 heteroatoms. The fourth-order valence-corrected chi connectivity index (χ4v) is 5.15. The Balaban J connectivity index is 1.22. The molecule has 1 fully saturated rings. The van der Waals surface area contributed by atoms with Crippen LogP contribution in [0.2, 0.25) is 0 Å². The van der Waals surface area contributed by atoms with Gasteiger partial charge in [0, 0.05) is 48.7 Å². The zero-order valence-electron chi connectivity index (χ0n) is 19.6. The van der Waals surface area contributed by atoms with E-state index in [0.717, 1.165) is 59.7 Å². The summed E-state index contributed by atoms with van der Waals surface area (Å²) in [6.07, 6.45) is 7.57. The largest absolute Gasteiger partial charge is 0.461 e. The molecule has 1 aromatic heterocycles.